The van der Waals surface area contributed by atoms with Gasteiger partial charge < -0.3 is 10.5 Å². The van der Waals surface area contributed by atoms with Crippen molar-refractivity contribution >= 4 is 0 Å². The molecule has 0 aliphatic rings. The molecule has 1 aromatic carbocycles. The van der Waals surface area contributed by atoms with Crippen LogP contribution in [-0.2, 0) is 13.6 Å². The van der Waals surface area contributed by atoms with Gasteiger partial charge in [-0.05, 0) is 31.7 Å². The number of rotatable bonds is 6. The fourth-order valence-electron chi connectivity index (χ4n) is 2.56. The van der Waals surface area contributed by atoms with Crippen molar-refractivity contribution in [3.8, 4) is 5.75 Å². The fourth-order valence-corrected chi connectivity index (χ4v) is 2.56. The number of hydrogen-bond acceptors (Lipinski definition) is 4. The third kappa shape index (κ3) is 3.43. The largest absolute Gasteiger partial charge is 0.497 e. The fraction of sp³-hybridized carbons (Fsp3) is 0.438. The third-order valence-electron chi connectivity index (χ3n) is 3.95. The number of methoxy groups -OCH3 is 1. The maximum atomic E-state index is 5.99. The quantitative estimate of drug-likeness (QED) is 0.881. The highest BCUT2D eigenvalue weighted by atomic mass is 16.5. The summed E-state index contributed by atoms with van der Waals surface area (Å²) in [5.41, 5.74) is 9.54. The molecule has 0 amide bonds. The summed E-state index contributed by atoms with van der Waals surface area (Å²) < 4.78 is 7.16. The first-order valence-electron chi connectivity index (χ1n) is 7.08. The smallest absolute Gasteiger partial charge is 0.119 e. The number of ether oxygens (including phenoxy) is 1. The molecule has 1 aromatic heterocycles. The van der Waals surface area contributed by atoms with Gasteiger partial charge in [-0.25, -0.2) is 0 Å². The summed E-state index contributed by atoms with van der Waals surface area (Å²) in [7, 11) is 5.72. The van der Waals surface area contributed by atoms with Gasteiger partial charge in [0.2, 0.25) is 0 Å². The predicted molar refractivity (Wildman–Crippen MR) is 84.2 cm³/mol. The van der Waals surface area contributed by atoms with Gasteiger partial charge in [-0.1, -0.05) is 12.1 Å². The van der Waals surface area contributed by atoms with Crippen molar-refractivity contribution in [3.05, 3.63) is 47.3 Å². The minimum absolute atomic E-state index is 0.157. The van der Waals surface area contributed by atoms with E-state index in [2.05, 4.69) is 36.1 Å². The number of aryl methyl sites for hydroxylation is 1. The Morgan fingerprint density at radius 1 is 1.43 bits per heavy atom. The summed E-state index contributed by atoms with van der Waals surface area (Å²) in [4.78, 5) is 2.25. The number of hydrogen-bond donors (Lipinski definition) is 1. The van der Waals surface area contributed by atoms with Gasteiger partial charge in [0.05, 0.1) is 19.3 Å². The molecule has 5 heteroatoms. The SMILES string of the molecule is COc1cccc(CN(C)C(CN)c2cnn(C)c2C)c1. The topological polar surface area (TPSA) is 56.3 Å². The van der Waals surface area contributed by atoms with E-state index in [0.717, 1.165) is 18.0 Å². The van der Waals surface area contributed by atoms with Gasteiger partial charge in [0.25, 0.3) is 0 Å². The molecular formula is C16H24N4O. The second-order valence-electron chi connectivity index (χ2n) is 5.33. The Kier molecular flexibility index (Phi) is 4.98. The third-order valence-corrected chi connectivity index (χ3v) is 3.95. The Hall–Kier alpha value is -1.85. The van der Waals surface area contributed by atoms with Crippen LogP contribution in [-0.4, -0.2) is 35.4 Å². The number of aromatic nitrogens is 2. The van der Waals surface area contributed by atoms with E-state index in [1.807, 2.05) is 30.1 Å². The van der Waals surface area contributed by atoms with Crippen molar-refractivity contribution in [2.75, 3.05) is 20.7 Å². The van der Waals surface area contributed by atoms with E-state index in [9.17, 15) is 0 Å². The van der Waals surface area contributed by atoms with E-state index in [-0.39, 0.29) is 6.04 Å². The van der Waals surface area contributed by atoms with Gasteiger partial charge >= 0.3 is 0 Å². The van der Waals surface area contributed by atoms with Crippen LogP contribution in [0.15, 0.2) is 30.5 Å². The van der Waals surface area contributed by atoms with Crippen molar-refractivity contribution in [1.82, 2.24) is 14.7 Å². The molecule has 114 valence electrons. The van der Waals surface area contributed by atoms with Crippen LogP contribution in [0.3, 0.4) is 0 Å². The first-order valence-corrected chi connectivity index (χ1v) is 7.08. The average molecular weight is 288 g/mol. The highest BCUT2D eigenvalue weighted by Crippen LogP contribution is 2.23. The van der Waals surface area contributed by atoms with E-state index in [4.69, 9.17) is 10.5 Å². The maximum Gasteiger partial charge on any atom is 0.119 e. The molecule has 0 fully saturated rings. The van der Waals surface area contributed by atoms with E-state index in [0.29, 0.717) is 6.54 Å². The van der Waals surface area contributed by atoms with Crippen molar-refractivity contribution in [3.63, 3.8) is 0 Å². The Labute approximate surface area is 126 Å². The molecule has 0 spiro atoms. The lowest BCUT2D eigenvalue weighted by atomic mass is 10.1. The molecular weight excluding hydrogens is 264 g/mol. The number of likely N-dealkylation sites (N-methyl/N-ethyl adjacent to an activating group) is 1. The van der Waals surface area contributed by atoms with Crippen LogP contribution in [0.5, 0.6) is 5.75 Å². The summed E-state index contributed by atoms with van der Waals surface area (Å²) in [5, 5.41) is 4.32. The first-order chi connectivity index (χ1) is 10.1. The molecule has 2 N–H and O–H groups in total. The lowest BCUT2D eigenvalue weighted by Crippen LogP contribution is -2.30. The molecule has 2 rings (SSSR count). The molecule has 2 aromatic rings. The number of nitrogens with two attached hydrogens (primary N) is 1. The minimum atomic E-state index is 0.157. The monoisotopic (exact) mass is 288 g/mol. The molecule has 1 unspecified atom stereocenters. The second-order valence-corrected chi connectivity index (χ2v) is 5.33. The lowest BCUT2D eigenvalue weighted by molar-refractivity contribution is 0.240. The molecule has 5 nitrogen and oxygen atoms in total. The van der Waals surface area contributed by atoms with Crippen LogP contribution < -0.4 is 10.5 Å². The zero-order valence-electron chi connectivity index (χ0n) is 13.2. The van der Waals surface area contributed by atoms with E-state index >= 15 is 0 Å². The molecule has 0 saturated carbocycles. The molecule has 0 aliphatic carbocycles. The minimum Gasteiger partial charge on any atom is -0.497 e. The van der Waals surface area contributed by atoms with Crippen molar-refractivity contribution in [1.29, 1.82) is 0 Å². The summed E-state index contributed by atoms with van der Waals surface area (Å²) in [6.07, 6.45) is 1.91. The predicted octanol–water partition coefficient (Wildman–Crippen LogP) is 1.87. The molecule has 0 aliphatic heterocycles. The molecule has 0 bridgehead atoms. The van der Waals surface area contributed by atoms with Crippen LogP contribution in [0.25, 0.3) is 0 Å². The first kappa shape index (κ1) is 15.5. The normalized spacial score (nSPS) is 12.7. The van der Waals surface area contributed by atoms with Crippen molar-refractivity contribution in [2.45, 2.75) is 19.5 Å². The zero-order valence-corrected chi connectivity index (χ0v) is 13.2. The van der Waals surface area contributed by atoms with Crippen LogP contribution in [0.1, 0.15) is 22.9 Å². The van der Waals surface area contributed by atoms with E-state index < -0.39 is 0 Å². The van der Waals surface area contributed by atoms with Gasteiger partial charge in [0.15, 0.2) is 0 Å². The molecule has 0 radical (unpaired) electrons. The second kappa shape index (κ2) is 6.74. The lowest BCUT2D eigenvalue weighted by Gasteiger charge is -2.27. The van der Waals surface area contributed by atoms with Crippen molar-refractivity contribution in [2.24, 2.45) is 12.8 Å². The average Bonchev–Trinajstić information content (AvgIpc) is 2.81. The zero-order chi connectivity index (χ0) is 15.4. The van der Waals surface area contributed by atoms with Gasteiger partial charge in [0, 0.05) is 31.4 Å². The summed E-state index contributed by atoms with van der Waals surface area (Å²) >= 11 is 0. The number of benzene rings is 1. The van der Waals surface area contributed by atoms with E-state index in [1.165, 1.54) is 11.1 Å². The highest BCUT2D eigenvalue weighted by molar-refractivity contribution is 5.29. The van der Waals surface area contributed by atoms with Crippen molar-refractivity contribution < 1.29 is 4.74 Å². The molecule has 1 atom stereocenters. The molecule has 1 heterocycles. The molecule has 21 heavy (non-hydrogen) atoms. The van der Waals surface area contributed by atoms with Gasteiger partial charge in [-0.2, -0.15) is 5.10 Å². The standard InChI is InChI=1S/C16H24N4O/c1-12-15(10-18-20(12)3)16(9-17)19(2)11-13-6-5-7-14(8-13)21-4/h5-8,10,16H,9,11,17H2,1-4H3. The van der Waals surface area contributed by atoms with E-state index in [1.54, 1.807) is 7.11 Å². The molecule has 0 saturated heterocycles. The van der Waals surface area contributed by atoms with Crippen LogP contribution in [0, 0.1) is 6.92 Å². The highest BCUT2D eigenvalue weighted by Gasteiger charge is 2.20. The summed E-state index contributed by atoms with van der Waals surface area (Å²) in [5.74, 6) is 0.878. The Balaban J connectivity index is 2.16. The number of nitrogens with zero attached hydrogens (tertiary/aromatic N) is 3. The van der Waals surface area contributed by atoms with Gasteiger partial charge in [-0.15, -0.1) is 0 Å². The Bertz CT molecular complexity index is 594. The van der Waals surface area contributed by atoms with Crippen LogP contribution >= 0.6 is 0 Å². The van der Waals surface area contributed by atoms with Gasteiger partial charge in [0.1, 0.15) is 5.75 Å². The van der Waals surface area contributed by atoms with Gasteiger partial charge in [-0.3, -0.25) is 9.58 Å². The Morgan fingerprint density at radius 2 is 2.19 bits per heavy atom. The summed E-state index contributed by atoms with van der Waals surface area (Å²) in [6, 6.07) is 8.28. The Morgan fingerprint density at radius 3 is 2.76 bits per heavy atom. The maximum absolute atomic E-state index is 5.99. The van der Waals surface area contributed by atoms with Crippen LogP contribution in [0.4, 0.5) is 0 Å². The summed E-state index contributed by atoms with van der Waals surface area (Å²) in [6.45, 7) is 3.45. The van der Waals surface area contributed by atoms with Crippen LogP contribution in [0.2, 0.25) is 0 Å².